The van der Waals surface area contributed by atoms with Gasteiger partial charge in [-0.15, -0.1) is 0 Å². The Morgan fingerprint density at radius 2 is 1.31 bits per heavy atom. The maximum absolute atomic E-state index is 10.6. The summed E-state index contributed by atoms with van der Waals surface area (Å²) in [6, 6.07) is 25.6. The fourth-order valence-corrected chi connectivity index (χ4v) is 7.70. The SMILES string of the molecule is C[N+]1(CC2CCCCC2)[C@@H]2CC[C@H]1CC(CC(C#N)(c1ccccc1)c1ccccc1)C2. The summed E-state index contributed by atoms with van der Waals surface area (Å²) >= 11 is 0. The lowest BCUT2D eigenvalue weighted by atomic mass is 9.67. The van der Waals surface area contributed by atoms with Crippen LogP contribution in [0.15, 0.2) is 60.7 Å². The van der Waals surface area contributed by atoms with Gasteiger partial charge >= 0.3 is 0 Å². The van der Waals surface area contributed by atoms with Crippen molar-refractivity contribution >= 4 is 0 Å². The second-order valence-corrected chi connectivity index (χ2v) is 11.2. The molecule has 3 aliphatic rings. The molecule has 0 amide bonds. The highest BCUT2D eigenvalue weighted by molar-refractivity contribution is 5.45. The predicted octanol–water partition coefficient (Wildman–Crippen LogP) is 6.85. The van der Waals surface area contributed by atoms with E-state index in [0.29, 0.717) is 5.92 Å². The van der Waals surface area contributed by atoms with Crippen LogP contribution in [0.5, 0.6) is 0 Å². The average Bonchev–Trinajstić information content (AvgIpc) is 3.00. The first-order chi connectivity index (χ1) is 15.6. The van der Waals surface area contributed by atoms with E-state index in [0.717, 1.165) is 35.5 Å². The number of nitriles is 1. The Bertz CT molecular complexity index is 869. The van der Waals surface area contributed by atoms with E-state index in [-0.39, 0.29) is 0 Å². The van der Waals surface area contributed by atoms with Crippen LogP contribution < -0.4 is 0 Å². The van der Waals surface area contributed by atoms with Crippen LogP contribution >= 0.6 is 0 Å². The molecule has 0 aromatic heterocycles. The second kappa shape index (κ2) is 9.03. The molecule has 5 rings (SSSR count). The Hall–Kier alpha value is -2.11. The molecule has 2 nitrogen and oxygen atoms in total. The van der Waals surface area contributed by atoms with Gasteiger partial charge in [0.05, 0.1) is 31.7 Å². The van der Waals surface area contributed by atoms with Crippen LogP contribution in [0, 0.1) is 23.2 Å². The van der Waals surface area contributed by atoms with Crippen molar-refractivity contribution < 1.29 is 4.48 Å². The molecule has 0 spiro atoms. The Balaban J connectivity index is 1.39. The Morgan fingerprint density at radius 1 is 0.781 bits per heavy atom. The zero-order valence-corrected chi connectivity index (χ0v) is 19.8. The van der Waals surface area contributed by atoms with Crippen molar-refractivity contribution in [1.82, 2.24) is 0 Å². The summed E-state index contributed by atoms with van der Waals surface area (Å²) in [4.78, 5) is 0. The number of fused-ring (bicyclic) bond motifs is 2. The number of benzene rings is 2. The fourth-order valence-electron chi connectivity index (χ4n) is 7.70. The van der Waals surface area contributed by atoms with Gasteiger partial charge < -0.3 is 4.48 Å². The molecule has 32 heavy (non-hydrogen) atoms. The van der Waals surface area contributed by atoms with E-state index in [9.17, 15) is 5.26 Å². The van der Waals surface area contributed by atoms with Crippen molar-refractivity contribution in [2.24, 2.45) is 11.8 Å². The largest absolute Gasteiger partial charge is 0.321 e. The van der Waals surface area contributed by atoms with E-state index >= 15 is 0 Å². The second-order valence-electron chi connectivity index (χ2n) is 11.2. The van der Waals surface area contributed by atoms with E-state index in [1.54, 1.807) is 0 Å². The molecular formula is C30H39N2+. The van der Waals surface area contributed by atoms with E-state index in [4.69, 9.17) is 0 Å². The lowest BCUT2D eigenvalue weighted by molar-refractivity contribution is -0.952. The lowest BCUT2D eigenvalue weighted by Crippen LogP contribution is -2.59. The van der Waals surface area contributed by atoms with Gasteiger partial charge in [0.1, 0.15) is 5.41 Å². The summed E-state index contributed by atoms with van der Waals surface area (Å²) in [5, 5.41) is 10.6. The molecule has 0 N–H and O–H groups in total. The Kier molecular flexibility index (Phi) is 6.13. The highest BCUT2D eigenvalue weighted by Gasteiger charge is 2.53. The van der Waals surface area contributed by atoms with Crippen molar-refractivity contribution in [1.29, 1.82) is 5.26 Å². The molecule has 2 aromatic carbocycles. The maximum Gasteiger partial charge on any atom is 0.107 e. The van der Waals surface area contributed by atoms with E-state index in [1.165, 1.54) is 68.8 Å². The number of piperidine rings is 1. The van der Waals surface area contributed by atoms with Crippen LogP contribution in [-0.2, 0) is 5.41 Å². The maximum atomic E-state index is 10.6. The zero-order valence-electron chi connectivity index (χ0n) is 19.8. The highest BCUT2D eigenvalue weighted by atomic mass is 15.4. The minimum atomic E-state index is -0.545. The third kappa shape index (κ3) is 3.90. The number of rotatable bonds is 6. The summed E-state index contributed by atoms with van der Waals surface area (Å²) in [6.07, 6.45) is 13.6. The monoisotopic (exact) mass is 427 g/mol. The molecule has 2 aliphatic heterocycles. The minimum Gasteiger partial charge on any atom is -0.321 e. The summed E-state index contributed by atoms with van der Waals surface area (Å²) in [7, 11) is 2.58. The van der Waals surface area contributed by atoms with Gasteiger partial charge in [0.2, 0.25) is 0 Å². The van der Waals surface area contributed by atoms with Crippen molar-refractivity contribution in [3.63, 3.8) is 0 Å². The fraction of sp³-hybridized carbons (Fsp3) is 0.567. The van der Waals surface area contributed by atoms with Gasteiger partial charge in [-0.2, -0.15) is 5.26 Å². The molecule has 3 fully saturated rings. The lowest BCUT2D eigenvalue weighted by Gasteiger charge is -2.50. The minimum absolute atomic E-state index is 0.545. The number of nitrogens with zero attached hydrogens (tertiary/aromatic N) is 2. The molecule has 2 saturated heterocycles. The standard InChI is InChI=1S/C30H39N2/c1-32(22-24-11-5-2-6-12-24)28-17-18-29(32)20-25(19-28)21-30(23-31,26-13-7-3-8-14-26)27-15-9-4-10-16-27/h3-4,7-10,13-16,24-25,28-29H,2,5-6,11-12,17-22H2,1H3/q+1/t25?,28-,29+,32?. The van der Waals surface area contributed by atoms with Gasteiger partial charge in [0.25, 0.3) is 0 Å². The molecule has 1 saturated carbocycles. The molecule has 2 aromatic rings. The third-order valence-electron chi connectivity index (χ3n) is 9.41. The Morgan fingerprint density at radius 3 is 1.81 bits per heavy atom. The molecular weight excluding hydrogens is 388 g/mol. The van der Waals surface area contributed by atoms with Gasteiger partial charge in [-0.1, -0.05) is 79.9 Å². The van der Waals surface area contributed by atoms with Crippen LogP contribution in [0.1, 0.15) is 75.3 Å². The summed E-state index contributed by atoms with van der Waals surface area (Å²) in [5.41, 5.74) is 1.77. The van der Waals surface area contributed by atoms with Crippen molar-refractivity contribution in [2.75, 3.05) is 13.6 Å². The summed E-state index contributed by atoms with van der Waals surface area (Å²) in [6.45, 7) is 1.41. The number of quaternary nitrogens is 1. The molecule has 168 valence electrons. The van der Waals surface area contributed by atoms with Gasteiger partial charge in [-0.05, 0) is 36.3 Å². The highest BCUT2D eigenvalue weighted by Crippen LogP contribution is 2.49. The number of hydrogen-bond acceptors (Lipinski definition) is 1. The normalized spacial score (nSPS) is 30.7. The topological polar surface area (TPSA) is 23.8 Å². The van der Waals surface area contributed by atoms with Crippen molar-refractivity contribution in [2.45, 2.75) is 81.7 Å². The summed E-state index contributed by atoms with van der Waals surface area (Å²) < 4.78 is 1.33. The zero-order chi connectivity index (χ0) is 22.0. The van der Waals surface area contributed by atoms with E-state index in [2.05, 4.69) is 73.8 Å². The quantitative estimate of drug-likeness (QED) is 0.462. The number of hydrogen-bond donors (Lipinski definition) is 0. The molecule has 2 unspecified atom stereocenters. The van der Waals surface area contributed by atoms with Crippen LogP contribution in [-0.4, -0.2) is 30.2 Å². The van der Waals surface area contributed by atoms with Gasteiger partial charge in [-0.25, -0.2) is 0 Å². The van der Waals surface area contributed by atoms with E-state index in [1.807, 2.05) is 0 Å². The predicted molar refractivity (Wildman–Crippen MR) is 131 cm³/mol. The first-order valence-corrected chi connectivity index (χ1v) is 13.0. The van der Waals surface area contributed by atoms with Gasteiger partial charge in [0, 0.05) is 31.6 Å². The smallest absolute Gasteiger partial charge is 0.107 e. The first-order valence-electron chi connectivity index (χ1n) is 13.0. The molecule has 2 heteroatoms. The molecule has 0 radical (unpaired) electrons. The molecule has 2 heterocycles. The molecule has 2 bridgehead atoms. The van der Waals surface area contributed by atoms with Crippen molar-refractivity contribution in [3.8, 4) is 6.07 Å². The van der Waals surface area contributed by atoms with Crippen LogP contribution in [0.3, 0.4) is 0 Å². The van der Waals surface area contributed by atoms with Gasteiger partial charge in [0.15, 0.2) is 0 Å². The Labute approximate surface area is 194 Å². The third-order valence-corrected chi connectivity index (χ3v) is 9.41. The van der Waals surface area contributed by atoms with Gasteiger partial charge in [-0.3, -0.25) is 0 Å². The van der Waals surface area contributed by atoms with Crippen LogP contribution in [0.2, 0.25) is 0 Å². The average molecular weight is 428 g/mol. The van der Waals surface area contributed by atoms with Crippen LogP contribution in [0.25, 0.3) is 0 Å². The van der Waals surface area contributed by atoms with E-state index < -0.39 is 5.41 Å². The van der Waals surface area contributed by atoms with Crippen LogP contribution in [0.4, 0.5) is 0 Å². The molecule has 4 atom stereocenters. The molecule has 1 aliphatic carbocycles. The first kappa shape index (κ1) is 21.7. The summed E-state index contributed by atoms with van der Waals surface area (Å²) in [5.74, 6) is 1.57. The van der Waals surface area contributed by atoms with Crippen molar-refractivity contribution in [3.05, 3.63) is 71.8 Å².